The number of anilines is 1. The van der Waals surface area contributed by atoms with Crippen molar-refractivity contribution in [2.75, 3.05) is 5.32 Å². The summed E-state index contributed by atoms with van der Waals surface area (Å²) in [5.74, 6) is 0.0791. The van der Waals surface area contributed by atoms with Crippen molar-refractivity contribution < 1.29 is 9.21 Å². The molecule has 4 nitrogen and oxygen atoms in total. The molecule has 0 unspecified atom stereocenters. The second-order valence-electron chi connectivity index (χ2n) is 5.31. The van der Waals surface area contributed by atoms with Gasteiger partial charge in [-0.15, -0.1) is 0 Å². The standard InChI is InChI=1S/C18H15ClN2O2/c1-11-6-7-15(12(2)8-11)21-18(22)16-17(23-10-20-16)13-4-3-5-14(19)9-13/h3-10H,1-2H3,(H,21,22). The lowest BCUT2D eigenvalue weighted by Crippen LogP contribution is -2.14. The van der Waals surface area contributed by atoms with Gasteiger partial charge in [0.1, 0.15) is 0 Å². The third-order valence-electron chi connectivity index (χ3n) is 3.50. The van der Waals surface area contributed by atoms with Gasteiger partial charge in [0.2, 0.25) is 0 Å². The minimum absolute atomic E-state index is 0.229. The van der Waals surface area contributed by atoms with E-state index < -0.39 is 0 Å². The van der Waals surface area contributed by atoms with Crippen LogP contribution in [0.15, 0.2) is 53.3 Å². The van der Waals surface area contributed by atoms with Crippen LogP contribution in [0.2, 0.25) is 5.02 Å². The molecule has 3 rings (SSSR count). The van der Waals surface area contributed by atoms with E-state index in [0.717, 1.165) is 16.8 Å². The Balaban J connectivity index is 1.91. The predicted molar refractivity (Wildman–Crippen MR) is 90.8 cm³/mol. The van der Waals surface area contributed by atoms with Gasteiger partial charge in [-0.2, -0.15) is 0 Å². The van der Waals surface area contributed by atoms with Crippen molar-refractivity contribution in [1.82, 2.24) is 4.98 Å². The lowest BCUT2D eigenvalue weighted by molar-refractivity contribution is 0.102. The van der Waals surface area contributed by atoms with Crippen molar-refractivity contribution in [3.63, 3.8) is 0 Å². The summed E-state index contributed by atoms with van der Waals surface area (Å²) in [6, 6.07) is 12.9. The highest BCUT2D eigenvalue weighted by molar-refractivity contribution is 6.30. The first kappa shape index (κ1) is 15.3. The lowest BCUT2D eigenvalue weighted by atomic mass is 10.1. The summed E-state index contributed by atoms with van der Waals surface area (Å²) >= 11 is 6.00. The fraction of sp³-hybridized carbons (Fsp3) is 0.111. The van der Waals surface area contributed by atoms with E-state index in [9.17, 15) is 4.79 Å². The molecule has 0 aliphatic carbocycles. The van der Waals surface area contributed by atoms with Gasteiger partial charge < -0.3 is 9.73 Å². The van der Waals surface area contributed by atoms with Crippen LogP contribution in [0.4, 0.5) is 5.69 Å². The molecule has 116 valence electrons. The van der Waals surface area contributed by atoms with Gasteiger partial charge in [-0.3, -0.25) is 4.79 Å². The van der Waals surface area contributed by atoms with Crippen molar-refractivity contribution in [2.45, 2.75) is 13.8 Å². The number of rotatable bonds is 3. The number of amides is 1. The molecule has 0 aliphatic heterocycles. The van der Waals surface area contributed by atoms with Gasteiger partial charge in [0.05, 0.1) is 0 Å². The highest BCUT2D eigenvalue weighted by Gasteiger charge is 2.19. The molecule has 1 amide bonds. The first-order valence-electron chi connectivity index (χ1n) is 7.12. The number of benzene rings is 2. The summed E-state index contributed by atoms with van der Waals surface area (Å²) in [5, 5.41) is 3.44. The van der Waals surface area contributed by atoms with E-state index in [-0.39, 0.29) is 11.6 Å². The molecule has 0 radical (unpaired) electrons. The Labute approximate surface area is 139 Å². The molecule has 23 heavy (non-hydrogen) atoms. The molecule has 0 saturated carbocycles. The van der Waals surface area contributed by atoms with E-state index in [0.29, 0.717) is 16.3 Å². The summed E-state index contributed by atoms with van der Waals surface area (Å²) in [7, 11) is 0. The molecular weight excluding hydrogens is 312 g/mol. The number of carbonyl (C=O) groups excluding carboxylic acids is 1. The number of nitrogens with zero attached hydrogens (tertiary/aromatic N) is 1. The maximum atomic E-state index is 12.5. The number of aromatic nitrogens is 1. The van der Waals surface area contributed by atoms with Crippen molar-refractivity contribution in [1.29, 1.82) is 0 Å². The zero-order valence-electron chi connectivity index (χ0n) is 12.8. The van der Waals surface area contributed by atoms with Crippen molar-refractivity contribution in [3.8, 4) is 11.3 Å². The third-order valence-corrected chi connectivity index (χ3v) is 3.73. The molecule has 0 fully saturated rings. The number of halogens is 1. The summed E-state index contributed by atoms with van der Waals surface area (Å²) < 4.78 is 5.38. The molecule has 0 spiro atoms. The van der Waals surface area contributed by atoms with E-state index in [1.807, 2.05) is 38.1 Å². The van der Waals surface area contributed by atoms with E-state index >= 15 is 0 Å². The van der Waals surface area contributed by atoms with Crippen LogP contribution in [0.1, 0.15) is 21.6 Å². The van der Waals surface area contributed by atoms with Crippen LogP contribution in [-0.4, -0.2) is 10.9 Å². The van der Waals surface area contributed by atoms with Crippen LogP contribution in [0, 0.1) is 13.8 Å². The first-order chi connectivity index (χ1) is 11.0. The van der Waals surface area contributed by atoms with Crippen LogP contribution < -0.4 is 5.32 Å². The summed E-state index contributed by atoms with van der Waals surface area (Å²) in [4.78, 5) is 16.6. The largest absolute Gasteiger partial charge is 0.443 e. The van der Waals surface area contributed by atoms with Crippen LogP contribution in [-0.2, 0) is 0 Å². The van der Waals surface area contributed by atoms with Crippen molar-refractivity contribution in [2.24, 2.45) is 0 Å². The molecule has 0 bridgehead atoms. The highest BCUT2D eigenvalue weighted by Crippen LogP contribution is 2.26. The Kier molecular flexibility index (Phi) is 4.17. The Morgan fingerprint density at radius 3 is 2.74 bits per heavy atom. The third kappa shape index (κ3) is 3.27. The van der Waals surface area contributed by atoms with Gasteiger partial charge in [0.25, 0.3) is 5.91 Å². The number of nitrogens with one attached hydrogen (secondary N) is 1. The van der Waals surface area contributed by atoms with Crippen LogP contribution in [0.5, 0.6) is 0 Å². The predicted octanol–water partition coefficient (Wildman–Crippen LogP) is 4.86. The number of carbonyl (C=O) groups is 1. The van der Waals surface area contributed by atoms with Crippen molar-refractivity contribution >= 4 is 23.2 Å². The first-order valence-corrected chi connectivity index (χ1v) is 7.50. The minimum atomic E-state index is -0.319. The van der Waals surface area contributed by atoms with Crippen LogP contribution >= 0.6 is 11.6 Å². The SMILES string of the molecule is Cc1ccc(NC(=O)c2ncoc2-c2cccc(Cl)c2)c(C)c1. The fourth-order valence-corrected chi connectivity index (χ4v) is 2.57. The zero-order valence-corrected chi connectivity index (χ0v) is 13.5. The van der Waals surface area contributed by atoms with E-state index in [4.69, 9.17) is 16.0 Å². The Morgan fingerprint density at radius 2 is 2.00 bits per heavy atom. The number of oxazole rings is 1. The normalized spacial score (nSPS) is 10.6. The summed E-state index contributed by atoms with van der Waals surface area (Å²) in [6.45, 7) is 3.96. The highest BCUT2D eigenvalue weighted by atomic mass is 35.5. The summed E-state index contributed by atoms with van der Waals surface area (Å²) in [5.41, 5.74) is 3.82. The smallest absolute Gasteiger partial charge is 0.278 e. The van der Waals surface area contributed by atoms with E-state index in [2.05, 4.69) is 10.3 Å². The average molecular weight is 327 g/mol. The van der Waals surface area contributed by atoms with Gasteiger partial charge >= 0.3 is 0 Å². The summed E-state index contributed by atoms with van der Waals surface area (Å²) in [6.07, 6.45) is 1.26. The maximum Gasteiger partial charge on any atom is 0.278 e. The topological polar surface area (TPSA) is 55.1 Å². The molecule has 0 aliphatic rings. The molecule has 1 heterocycles. The monoisotopic (exact) mass is 326 g/mol. The number of hydrogen-bond donors (Lipinski definition) is 1. The molecule has 1 N–H and O–H groups in total. The fourth-order valence-electron chi connectivity index (χ4n) is 2.38. The molecule has 1 aromatic heterocycles. The molecule has 5 heteroatoms. The van der Waals surface area contributed by atoms with Gasteiger partial charge in [-0.1, -0.05) is 41.4 Å². The van der Waals surface area contributed by atoms with Crippen LogP contribution in [0.3, 0.4) is 0 Å². The second-order valence-corrected chi connectivity index (χ2v) is 5.75. The van der Waals surface area contributed by atoms with Gasteiger partial charge in [0.15, 0.2) is 17.8 Å². The molecule has 2 aromatic carbocycles. The number of aryl methyl sites for hydroxylation is 2. The van der Waals surface area contributed by atoms with E-state index in [1.54, 1.807) is 18.2 Å². The quantitative estimate of drug-likeness (QED) is 0.747. The second kappa shape index (κ2) is 6.26. The molecule has 0 saturated heterocycles. The maximum absolute atomic E-state index is 12.5. The Hall–Kier alpha value is -2.59. The zero-order chi connectivity index (χ0) is 16.4. The Morgan fingerprint density at radius 1 is 1.17 bits per heavy atom. The minimum Gasteiger partial charge on any atom is -0.443 e. The Bertz CT molecular complexity index is 871. The van der Waals surface area contributed by atoms with Gasteiger partial charge in [-0.25, -0.2) is 4.98 Å². The molecule has 3 aromatic rings. The van der Waals surface area contributed by atoms with Crippen LogP contribution in [0.25, 0.3) is 11.3 Å². The van der Waals surface area contributed by atoms with Gasteiger partial charge in [0, 0.05) is 16.3 Å². The number of hydrogen-bond acceptors (Lipinski definition) is 3. The van der Waals surface area contributed by atoms with Crippen molar-refractivity contribution in [3.05, 3.63) is 70.7 Å². The van der Waals surface area contributed by atoms with Gasteiger partial charge in [-0.05, 0) is 37.6 Å². The average Bonchev–Trinajstić information content (AvgIpc) is 2.99. The van der Waals surface area contributed by atoms with E-state index in [1.165, 1.54) is 6.39 Å². The molecular formula is C18H15ClN2O2. The molecule has 0 atom stereocenters. The lowest BCUT2D eigenvalue weighted by Gasteiger charge is -2.08.